The smallest absolute Gasteiger partial charge is 0.246 e. The zero-order chi connectivity index (χ0) is 12.3. The lowest BCUT2D eigenvalue weighted by molar-refractivity contribution is -0.121. The third-order valence-corrected chi connectivity index (χ3v) is 2.96. The summed E-state index contributed by atoms with van der Waals surface area (Å²) >= 11 is 1.38. The number of carbonyl (C=O) groups excluding carboxylic acids is 1. The lowest BCUT2D eigenvalue weighted by Crippen LogP contribution is -2.29. The van der Waals surface area contributed by atoms with E-state index in [0.29, 0.717) is 11.0 Å². The molecule has 4 nitrogen and oxygen atoms in total. The maximum Gasteiger partial charge on any atom is 0.246 e. The van der Waals surface area contributed by atoms with Crippen LogP contribution in [-0.2, 0) is 4.79 Å². The quantitative estimate of drug-likeness (QED) is 0.879. The minimum atomic E-state index is -1.02. The molecule has 16 heavy (non-hydrogen) atoms. The normalized spacial score (nSPS) is 11.2. The monoisotopic (exact) mass is 237 g/mol. The SMILES string of the molecule is CC(C)c1csc(NC(=O)C(C)(C)C#N)n1. The molecule has 1 heterocycles. The average Bonchev–Trinajstić information content (AvgIpc) is 2.66. The highest BCUT2D eigenvalue weighted by Gasteiger charge is 2.27. The molecule has 1 aromatic heterocycles. The number of nitrogens with one attached hydrogen (secondary N) is 1. The number of anilines is 1. The molecular weight excluding hydrogens is 222 g/mol. The Bertz CT molecular complexity index is 429. The van der Waals surface area contributed by atoms with Crippen molar-refractivity contribution < 1.29 is 4.79 Å². The first-order valence-electron chi connectivity index (χ1n) is 5.05. The van der Waals surface area contributed by atoms with Gasteiger partial charge in [0.25, 0.3) is 0 Å². The van der Waals surface area contributed by atoms with Crippen molar-refractivity contribution in [3.8, 4) is 6.07 Å². The summed E-state index contributed by atoms with van der Waals surface area (Å²) in [7, 11) is 0. The van der Waals surface area contributed by atoms with Gasteiger partial charge in [-0.25, -0.2) is 4.98 Å². The Morgan fingerprint density at radius 3 is 2.69 bits per heavy atom. The average molecular weight is 237 g/mol. The standard InChI is InChI=1S/C11H15N3OS/c1-7(2)8-5-16-10(13-8)14-9(15)11(3,4)6-12/h5,7H,1-4H3,(H,13,14,15). The van der Waals surface area contributed by atoms with Gasteiger partial charge in [0, 0.05) is 5.38 Å². The van der Waals surface area contributed by atoms with Crippen LogP contribution < -0.4 is 5.32 Å². The van der Waals surface area contributed by atoms with Crippen LogP contribution in [0.5, 0.6) is 0 Å². The van der Waals surface area contributed by atoms with Gasteiger partial charge in [0.05, 0.1) is 11.8 Å². The highest BCUT2D eigenvalue weighted by molar-refractivity contribution is 7.13. The van der Waals surface area contributed by atoms with Gasteiger partial charge in [0.1, 0.15) is 5.41 Å². The van der Waals surface area contributed by atoms with Gasteiger partial charge in [0.15, 0.2) is 5.13 Å². The van der Waals surface area contributed by atoms with Crippen molar-refractivity contribution in [2.45, 2.75) is 33.6 Å². The van der Waals surface area contributed by atoms with Crippen LogP contribution in [0.15, 0.2) is 5.38 Å². The first-order chi connectivity index (χ1) is 7.36. The van der Waals surface area contributed by atoms with Gasteiger partial charge in [-0.05, 0) is 19.8 Å². The van der Waals surface area contributed by atoms with Crippen molar-refractivity contribution >= 4 is 22.4 Å². The van der Waals surface area contributed by atoms with Crippen LogP contribution in [0.1, 0.15) is 39.3 Å². The van der Waals surface area contributed by atoms with Crippen LogP contribution in [0.25, 0.3) is 0 Å². The highest BCUT2D eigenvalue weighted by atomic mass is 32.1. The fourth-order valence-electron chi connectivity index (χ4n) is 0.913. The lowest BCUT2D eigenvalue weighted by Gasteiger charge is -2.12. The summed E-state index contributed by atoms with van der Waals surface area (Å²) in [5.41, 5.74) is -0.0704. The van der Waals surface area contributed by atoms with Gasteiger partial charge in [-0.3, -0.25) is 4.79 Å². The predicted octanol–water partition coefficient (Wildman–Crippen LogP) is 2.75. The van der Waals surface area contributed by atoms with Gasteiger partial charge < -0.3 is 5.32 Å². The number of nitriles is 1. The van der Waals surface area contributed by atoms with Crippen molar-refractivity contribution in [3.63, 3.8) is 0 Å². The van der Waals surface area contributed by atoms with Gasteiger partial charge in [-0.1, -0.05) is 13.8 Å². The molecule has 0 spiro atoms. The molecule has 0 fully saturated rings. The van der Waals surface area contributed by atoms with E-state index in [9.17, 15) is 4.79 Å². The van der Waals surface area contributed by atoms with Crippen LogP contribution in [0, 0.1) is 16.7 Å². The zero-order valence-electron chi connectivity index (χ0n) is 9.87. The molecule has 5 heteroatoms. The second kappa shape index (κ2) is 4.62. The van der Waals surface area contributed by atoms with Crippen LogP contribution in [0.4, 0.5) is 5.13 Å². The van der Waals surface area contributed by atoms with Crippen molar-refractivity contribution in [3.05, 3.63) is 11.1 Å². The van der Waals surface area contributed by atoms with E-state index in [1.54, 1.807) is 13.8 Å². The minimum absolute atomic E-state index is 0.320. The largest absolute Gasteiger partial charge is 0.301 e. The van der Waals surface area contributed by atoms with Crippen molar-refractivity contribution in [2.75, 3.05) is 5.32 Å². The van der Waals surface area contributed by atoms with Crippen molar-refractivity contribution in [2.24, 2.45) is 5.41 Å². The maximum absolute atomic E-state index is 11.7. The molecule has 0 aliphatic heterocycles. The summed E-state index contributed by atoms with van der Waals surface area (Å²) in [5.74, 6) is 0.0190. The Kier molecular flexibility index (Phi) is 3.66. The lowest BCUT2D eigenvalue weighted by atomic mass is 9.95. The molecule has 1 rings (SSSR count). The molecule has 1 amide bonds. The second-order valence-electron chi connectivity index (χ2n) is 4.42. The van der Waals surface area contributed by atoms with Crippen LogP contribution in [-0.4, -0.2) is 10.9 Å². The van der Waals surface area contributed by atoms with Gasteiger partial charge in [0.2, 0.25) is 5.91 Å². The molecule has 0 bridgehead atoms. The fourth-order valence-corrected chi connectivity index (χ4v) is 1.78. The Labute approximate surface area is 99.3 Å². The Morgan fingerprint density at radius 1 is 1.62 bits per heavy atom. The molecule has 0 atom stereocenters. The van der Waals surface area contributed by atoms with E-state index in [1.165, 1.54) is 11.3 Å². The first kappa shape index (κ1) is 12.7. The minimum Gasteiger partial charge on any atom is -0.301 e. The molecule has 0 saturated heterocycles. The molecule has 1 N–H and O–H groups in total. The molecule has 0 radical (unpaired) electrons. The number of amides is 1. The van der Waals surface area contributed by atoms with Crippen molar-refractivity contribution in [1.82, 2.24) is 4.98 Å². The van der Waals surface area contributed by atoms with Gasteiger partial charge >= 0.3 is 0 Å². The van der Waals surface area contributed by atoms with E-state index in [1.807, 2.05) is 25.3 Å². The van der Waals surface area contributed by atoms with E-state index in [0.717, 1.165) is 5.69 Å². The van der Waals surface area contributed by atoms with E-state index in [2.05, 4.69) is 10.3 Å². The number of hydrogen-bond donors (Lipinski definition) is 1. The van der Waals surface area contributed by atoms with Crippen LogP contribution in [0.3, 0.4) is 0 Å². The van der Waals surface area contributed by atoms with Gasteiger partial charge in [-0.2, -0.15) is 5.26 Å². The second-order valence-corrected chi connectivity index (χ2v) is 5.28. The number of nitrogens with zero attached hydrogens (tertiary/aromatic N) is 2. The third kappa shape index (κ3) is 2.80. The molecule has 0 saturated carbocycles. The molecule has 86 valence electrons. The van der Waals surface area contributed by atoms with E-state index in [-0.39, 0.29) is 5.91 Å². The molecule has 0 aromatic carbocycles. The summed E-state index contributed by atoms with van der Waals surface area (Å²) in [6.45, 7) is 7.25. The summed E-state index contributed by atoms with van der Waals surface area (Å²) in [6, 6.07) is 1.96. The third-order valence-electron chi connectivity index (χ3n) is 2.18. The number of rotatable bonds is 3. The van der Waals surface area contributed by atoms with E-state index < -0.39 is 5.41 Å². The van der Waals surface area contributed by atoms with Crippen molar-refractivity contribution in [1.29, 1.82) is 5.26 Å². The topological polar surface area (TPSA) is 65.8 Å². The fraction of sp³-hybridized carbons (Fsp3) is 0.545. The highest BCUT2D eigenvalue weighted by Crippen LogP contribution is 2.23. The Balaban J connectivity index is 2.75. The molecule has 1 aromatic rings. The number of aromatic nitrogens is 1. The van der Waals surface area contributed by atoms with Gasteiger partial charge in [-0.15, -0.1) is 11.3 Å². The summed E-state index contributed by atoms with van der Waals surface area (Å²) < 4.78 is 0. The first-order valence-corrected chi connectivity index (χ1v) is 5.93. The summed E-state index contributed by atoms with van der Waals surface area (Å²) in [4.78, 5) is 16.0. The molecular formula is C11H15N3OS. The Hall–Kier alpha value is -1.41. The Morgan fingerprint density at radius 2 is 2.25 bits per heavy atom. The van der Waals surface area contributed by atoms with Crippen LogP contribution >= 0.6 is 11.3 Å². The number of hydrogen-bond acceptors (Lipinski definition) is 4. The van der Waals surface area contributed by atoms with E-state index in [4.69, 9.17) is 5.26 Å². The molecule has 0 aliphatic carbocycles. The molecule has 0 aliphatic rings. The van der Waals surface area contributed by atoms with E-state index >= 15 is 0 Å². The predicted molar refractivity (Wildman–Crippen MR) is 64.2 cm³/mol. The number of thiazole rings is 1. The van der Waals surface area contributed by atoms with Crippen LogP contribution in [0.2, 0.25) is 0 Å². The summed E-state index contributed by atoms with van der Waals surface area (Å²) in [6.07, 6.45) is 0. The zero-order valence-corrected chi connectivity index (χ0v) is 10.7. The maximum atomic E-state index is 11.7. The number of carbonyl (C=O) groups is 1. The summed E-state index contributed by atoms with van der Waals surface area (Å²) in [5, 5.41) is 13.9. The molecule has 0 unspecified atom stereocenters.